The summed E-state index contributed by atoms with van der Waals surface area (Å²) in [4.78, 5) is 4.49. The number of nitrogens with one attached hydrogen (secondary N) is 2. The molecule has 2 N–H and O–H groups in total. The second-order valence-electron chi connectivity index (χ2n) is 6.30. The molecule has 1 unspecified atom stereocenters. The lowest BCUT2D eigenvalue weighted by molar-refractivity contribution is 0.0205. The minimum absolute atomic E-state index is 0. The normalized spacial score (nSPS) is 13.2. The van der Waals surface area contributed by atoms with Crippen LogP contribution in [0, 0.1) is 11.2 Å². The number of benzene rings is 1. The van der Waals surface area contributed by atoms with Gasteiger partial charge in [0.1, 0.15) is 5.82 Å². The zero-order valence-corrected chi connectivity index (χ0v) is 17.0. The van der Waals surface area contributed by atoms with E-state index in [0.717, 1.165) is 12.1 Å². The largest absolute Gasteiger partial charge is 0.379 e. The Kier molecular flexibility index (Phi) is 10.4. The fourth-order valence-corrected chi connectivity index (χ4v) is 2.08. The Hall–Kier alpha value is -0.890. The van der Waals surface area contributed by atoms with Crippen molar-refractivity contribution in [1.82, 2.24) is 10.6 Å². The van der Waals surface area contributed by atoms with Crippen LogP contribution in [-0.2, 0) is 11.3 Å². The van der Waals surface area contributed by atoms with E-state index in [1.807, 2.05) is 13.0 Å². The smallest absolute Gasteiger partial charge is 0.191 e. The first-order valence-electron chi connectivity index (χ1n) is 7.66. The van der Waals surface area contributed by atoms with Crippen molar-refractivity contribution in [3.8, 4) is 0 Å². The standard InChI is InChI=1S/C17H28FN3O.HI/c1-6-19-16(21-12-15(22-5)17(2,3)4)20-11-13-8-7-9-14(18)10-13;/h7-10,15H,6,11-12H2,1-5H3,(H2,19,20,21);1H. The Morgan fingerprint density at radius 1 is 1.30 bits per heavy atom. The molecule has 132 valence electrons. The molecule has 0 aromatic heterocycles. The molecule has 1 aromatic carbocycles. The van der Waals surface area contributed by atoms with Gasteiger partial charge < -0.3 is 15.4 Å². The van der Waals surface area contributed by atoms with E-state index in [9.17, 15) is 4.39 Å². The lowest BCUT2D eigenvalue weighted by Gasteiger charge is -2.30. The summed E-state index contributed by atoms with van der Waals surface area (Å²) in [7, 11) is 1.72. The molecule has 0 bridgehead atoms. The molecule has 0 fully saturated rings. The van der Waals surface area contributed by atoms with E-state index < -0.39 is 0 Å². The Labute approximate surface area is 156 Å². The number of nitrogens with zero attached hydrogens (tertiary/aromatic N) is 1. The quantitative estimate of drug-likeness (QED) is 0.407. The molecule has 0 aliphatic rings. The molecule has 1 aromatic rings. The minimum Gasteiger partial charge on any atom is -0.379 e. The van der Waals surface area contributed by atoms with Gasteiger partial charge in [0.2, 0.25) is 0 Å². The van der Waals surface area contributed by atoms with Crippen molar-refractivity contribution in [1.29, 1.82) is 0 Å². The minimum atomic E-state index is -0.238. The molecule has 0 radical (unpaired) electrons. The summed E-state index contributed by atoms with van der Waals surface area (Å²) in [6.45, 7) is 10.3. The summed E-state index contributed by atoms with van der Waals surface area (Å²) in [6.07, 6.45) is 0.0746. The third-order valence-corrected chi connectivity index (χ3v) is 3.36. The second kappa shape index (κ2) is 10.8. The first kappa shape index (κ1) is 22.1. The maximum atomic E-state index is 13.2. The molecule has 0 saturated carbocycles. The molecule has 1 rings (SSSR count). The number of hydrogen-bond acceptors (Lipinski definition) is 2. The molecule has 4 nitrogen and oxygen atoms in total. The van der Waals surface area contributed by atoms with Crippen LogP contribution >= 0.6 is 24.0 Å². The number of methoxy groups -OCH3 is 1. The lowest BCUT2D eigenvalue weighted by Crippen LogP contribution is -2.45. The van der Waals surface area contributed by atoms with Crippen LogP contribution in [0.5, 0.6) is 0 Å². The molecule has 1 atom stereocenters. The summed E-state index contributed by atoms with van der Waals surface area (Å²) in [5.74, 6) is 0.468. The van der Waals surface area contributed by atoms with Crippen LogP contribution in [0.3, 0.4) is 0 Å². The zero-order valence-electron chi connectivity index (χ0n) is 14.6. The van der Waals surface area contributed by atoms with Crippen molar-refractivity contribution in [2.24, 2.45) is 10.4 Å². The number of hydrogen-bond donors (Lipinski definition) is 2. The highest BCUT2D eigenvalue weighted by Gasteiger charge is 2.24. The number of halogens is 2. The Bertz CT molecular complexity index is 489. The van der Waals surface area contributed by atoms with Gasteiger partial charge in [-0.2, -0.15) is 0 Å². The van der Waals surface area contributed by atoms with Crippen LogP contribution in [-0.4, -0.2) is 32.3 Å². The highest BCUT2D eigenvalue weighted by atomic mass is 127. The number of rotatable bonds is 6. The van der Waals surface area contributed by atoms with E-state index in [-0.39, 0.29) is 41.3 Å². The third kappa shape index (κ3) is 8.50. The van der Waals surface area contributed by atoms with Crippen LogP contribution in [0.15, 0.2) is 29.3 Å². The number of guanidine groups is 1. The predicted octanol–water partition coefficient (Wildman–Crippen LogP) is 3.56. The van der Waals surface area contributed by atoms with Gasteiger partial charge in [0.25, 0.3) is 0 Å². The summed E-state index contributed by atoms with van der Waals surface area (Å²) in [5, 5.41) is 6.47. The summed E-state index contributed by atoms with van der Waals surface area (Å²) < 4.78 is 18.7. The van der Waals surface area contributed by atoms with Gasteiger partial charge in [-0.3, -0.25) is 0 Å². The zero-order chi connectivity index (χ0) is 16.6. The summed E-state index contributed by atoms with van der Waals surface area (Å²) >= 11 is 0. The first-order chi connectivity index (χ1) is 10.4. The SMILES string of the molecule is CCNC(=NCc1cccc(F)c1)NCC(OC)C(C)(C)C.I. The third-order valence-electron chi connectivity index (χ3n) is 3.36. The molecule has 0 amide bonds. The van der Waals surface area contributed by atoms with Gasteiger partial charge >= 0.3 is 0 Å². The van der Waals surface area contributed by atoms with E-state index in [0.29, 0.717) is 19.0 Å². The van der Waals surface area contributed by atoms with Gasteiger partial charge in [0.05, 0.1) is 12.6 Å². The predicted molar refractivity (Wildman–Crippen MR) is 105 cm³/mol. The summed E-state index contributed by atoms with van der Waals surface area (Å²) in [5.41, 5.74) is 0.887. The molecule has 23 heavy (non-hydrogen) atoms. The number of ether oxygens (including phenoxy) is 1. The topological polar surface area (TPSA) is 45.7 Å². The van der Waals surface area contributed by atoms with Crippen molar-refractivity contribution in [2.45, 2.75) is 40.3 Å². The molecule has 0 aliphatic carbocycles. The number of aliphatic imine (C=N–C) groups is 1. The monoisotopic (exact) mass is 437 g/mol. The summed E-state index contributed by atoms with van der Waals surface area (Å²) in [6, 6.07) is 6.49. The van der Waals surface area contributed by atoms with E-state index in [1.165, 1.54) is 12.1 Å². The first-order valence-corrected chi connectivity index (χ1v) is 7.66. The fourth-order valence-electron chi connectivity index (χ4n) is 2.08. The van der Waals surface area contributed by atoms with Crippen molar-refractivity contribution in [2.75, 3.05) is 20.2 Å². The highest BCUT2D eigenvalue weighted by molar-refractivity contribution is 14.0. The van der Waals surface area contributed by atoms with Gasteiger partial charge in [-0.05, 0) is 30.0 Å². The second-order valence-corrected chi connectivity index (χ2v) is 6.30. The lowest BCUT2D eigenvalue weighted by atomic mass is 9.89. The average Bonchev–Trinajstić information content (AvgIpc) is 2.44. The van der Waals surface area contributed by atoms with Crippen LogP contribution < -0.4 is 10.6 Å². The van der Waals surface area contributed by atoms with E-state index in [2.05, 4.69) is 36.4 Å². The molecular weight excluding hydrogens is 408 g/mol. The van der Waals surface area contributed by atoms with Crippen LogP contribution in [0.1, 0.15) is 33.3 Å². The maximum Gasteiger partial charge on any atom is 0.191 e. The van der Waals surface area contributed by atoms with Crippen molar-refractivity contribution in [3.63, 3.8) is 0 Å². The van der Waals surface area contributed by atoms with Gasteiger partial charge in [0.15, 0.2) is 5.96 Å². The molecule has 0 heterocycles. The van der Waals surface area contributed by atoms with Crippen LogP contribution in [0.2, 0.25) is 0 Å². The molecule has 6 heteroatoms. The molecular formula is C17H29FIN3O. The highest BCUT2D eigenvalue weighted by Crippen LogP contribution is 2.20. The van der Waals surface area contributed by atoms with E-state index in [1.54, 1.807) is 13.2 Å². The van der Waals surface area contributed by atoms with Crippen molar-refractivity contribution >= 4 is 29.9 Å². The van der Waals surface area contributed by atoms with Crippen LogP contribution in [0.25, 0.3) is 0 Å². The van der Waals surface area contributed by atoms with E-state index in [4.69, 9.17) is 4.74 Å². The van der Waals surface area contributed by atoms with Crippen molar-refractivity contribution in [3.05, 3.63) is 35.6 Å². The Balaban J connectivity index is 0.00000484. The van der Waals surface area contributed by atoms with Gasteiger partial charge in [-0.25, -0.2) is 9.38 Å². The molecule has 0 aliphatic heterocycles. The van der Waals surface area contributed by atoms with Gasteiger partial charge in [0, 0.05) is 20.2 Å². The fraction of sp³-hybridized carbons (Fsp3) is 0.588. The maximum absolute atomic E-state index is 13.2. The van der Waals surface area contributed by atoms with Crippen LogP contribution in [0.4, 0.5) is 4.39 Å². The van der Waals surface area contributed by atoms with E-state index >= 15 is 0 Å². The molecule has 0 spiro atoms. The average molecular weight is 437 g/mol. The van der Waals surface area contributed by atoms with Gasteiger partial charge in [-0.1, -0.05) is 32.9 Å². The Morgan fingerprint density at radius 2 is 2.00 bits per heavy atom. The molecule has 0 saturated heterocycles. The van der Waals surface area contributed by atoms with Crippen molar-refractivity contribution < 1.29 is 9.13 Å². The Morgan fingerprint density at radius 3 is 2.52 bits per heavy atom. The van der Waals surface area contributed by atoms with Gasteiger partial charge in [-0.15, -0.1) is 24.0 Å².